The van der Waals surface area contributed by atoms with Crippen LogP contribution in [0.1, 0.15) is 24.2 Å². The van der Waals surface area contributed by atoms with E-state index in [1.807, 2.05) is 0 Å². The lowest BCUT2D eigenvalue weighted by atomic mass is 10.2. The molecule has 0 unspecified atom stereocenters. The third-order valence-corrected chi connectivity index (χ3v) is 4.05. The normalized spacial score (nSPS) is 10.6. The van der Waals surface area contributed by atoms with E-state index in [1.165, 1.54) is 19.0 Å². The quantitative estimate of drug-likeness (QED) is 0.644. The molecule has 1 heterocycles. The number of methoxy groups -OCH3 is 2. The highest BCUT2D eigenvalue weighted by atomic mass is 16.7. The predicted octanol–water partition coefficient (Wildman–Crippen LogP) is 2.30. The molecule has 0 saturated heterocycles. The molecule has 0 radical (unpaired) electrons. The maximum atomic E-state index is 11.5. The Morgan fingerprint density at radius 3 is 2.32 bits per heavy atom. The number of benzene rings is 1. The van der Waals surface area contributed by atoms with E-state index in [9.17, 15) is 9.59 Å². The second kappa shape index (κ2) is 10.3. The van der Waals surface area contributed by atoms with Crippen LogP contribution in [0.4, 0.5) is 16.3 Å². The average Bonchev–Trinajstić information content (AvgIpc) is 3.09. The van der Waals surface area contributed by atoms with Crippen LogP contribution in [0.15, 0.2) is 24.3 Å². The summed E-state index contributed by atoms with van der Waals surface area (Å²) in [6.07, 6.45) is -0.889. The van der Waals surface area contributed by atoms with Crippen LogP contribution in [0.5, 0.6) is 5.88 Å². The zero-order valence-electron chi connectivity index (χ0n) is 16.5. The summed E-state index contributed by atoms with van der Waals surface area (Å²) in [5.41, 5.74) is 1.06. The van der Waals surface area contributed by atoms with E-state index >= 15 is 0 Å². The van der Waals surface area contributed by atoms with E-state index in [2.05, 4.69) is 43.7 Å². The fourth-order valence-electron chi connectivity index (χ4n) is 2.42. The minimum atomic E-state index is -0.889. The maximum Gasteiger partial charge on any atom is 0.515 e. The Balaban J connectivity index is 2.17. The van der Waals surface area contributed by atoms with Crippen molar-refractivity contribution in [3.63, 3.8) is 0 Å². The Kier molecular flexibility index (Phi) is 7.76. The Bertz CT molecular complexity index is 786. The molecule has 10 heteroatoms. The molecule has 2 aromatic rings. The Labute approximate surface area is 163 Å². The molecule has 1 aromatic carbocycles. The van der Waals surface area contributed by atoms with E-state index in [0.717, 1.165) is 19.6 Å². The molecule has 28 heavy (non-hydrogen) atoms. The molecule has 152 valence electrons. The number of likely N-dealkylation sites (N-methyl/N-ethyl adjacent to an activating group) is 1. The number of esters is 1. The van der Waals surface area contributed by atoms with Crippen molar-refractivity contribution in [3.05, 3.63) is 29.8 Å². The van der Waals surface area contributed by atoms with Crippen molar-refractivity contribution in [2.45, 2.75) is 20.4 Å². The summed E-state index contributed by atoms with van der Waals surface area (Å²) in [6.45, 7) is 7.28. The molecule has 0 amide bonds. The minimum Gasteiger partial charge on any atom is -0.465 e. The average molecular weight is 391 g/mol. The third kappa shape index (κ3) is 5.68. The Morgan fingerprint density at radius 2 is 1.75 bits per heavy atom. The zero-order valence-corrected chi connectivity index (χ0v) is 16.5. The standard InChI is InChI=1S/C18H25N5O5/c1-5-22(6-2)11-12-23-20-15(16(21-23)28-18(25)27-4)19-14-9-7-13(8-10-14)17(24)26-3/h7-10H,5-6,11-12H2,1-4H3,(H,19,20). The van der Waals surface area contributed by atoms with Crippen LogP contribution in [-0.4, -0.2) is 65.9 Å². The van der Waals surface area contributed by atoms with Gasteiger partial charge in [-0.05, 0) is 37.4 Å². The van der Waals surface area contributed by atoms with Gasteiger partial charge in [-0.1, -0.05) is 13.8 Å². The van der Waals surface area contributed by atoms with Crippen molar-refractivity contribution in [1.29, 1.82) is 0 Å². The molecule has 1 N–H and O–H groups in total. The van der Waals surface area contributed by atoms with Crippen molar-refractivity contribution in [2.24, 2.45) is 0 Å². The molecular weight excluding hydrogens is 366 g/mol. The highest BCUT2D eigenvalue weighted by Gasteiger charge is 2.17. The van der Waals surface area contributed by atoms with Gasteiger partial charge in [0.05, 0.1) is 26.3 Å². The van der Waals surface area contributed by atoms with Crippen LogP contribution in [0.2, 0.25) is 0 Å². The summed E-state index contributed by atoms with van der Waals surface area (Å²) in [4.78, 5) is 26.7. The zero-order chi connectivity index (χ0) is 20.5. The molecule has 0 atom stereocenters. The van der Waals surface area contributed by atoms with Gasteiger partial charge >= 0.3 is 12.1 Å². The SMILES string of the molecule is CCN(CC)CCn1nc(Nc2ccc(C(=O)OC)cc2)c(OC(=O)OC)n1. The second-order valence-corrected chi connectivity index (χ2v) is 5.73. The van der Waals surface area contributed by atoms with Gasteiger partial charge in [0.15, 0.2) is 0 Å². The van der Waals surface area contributed by atoms with Crippen LogP contribution < -0.4 is 10.1 Å². The van der Waals surface area contributed by atoms with Crippen LogP contribution in [-0.2, 0) is 16.0 Å². The maximum absolute atomic E-state index is 11.5. The number of hydrogen-bond acceptors (Lipinski definition) is 9. The fraction of sp³-hybridized carbons (Fsp3) is 0.444. The van der Waals surface area contributed by atoms with Gasteiger partial charge in [0.25, 0.3) is 5.88 Å². The molecule has 0 aliphatic rings. The lowest BCUT2D eigenvalue weighted by Gasteiger charge is -2.16. The van der Waals surface area contributed by atoms with Gasteiger partial charge in [0.1, 0.15) is 0 Å². The van der Waals surface area contributed by atoms with Crippen LogP contribution >= 0.6 is 0 Å². The monoisotopic (exact) mass is 391 g/mol. The van der Waals surface area contributed by atoms with Gasteiger partial charge in [0, 0.05) is 12.2 Å². The minimum absolute atomic E-state index is 0.00319. The number of anilines is 2. The van der Waals surface area contributed by atoms with Crippen molar-refractivity contribution in [3.8, 4) is 5.88 Å². The van der Waals surface area contributed by atoms with Gasteiger partial charge in [-0.15, -0.1) is 10.2 Å². The van der Waals surface area contributed by atoms with Crippen molar-refractivity contribution in [2.75, 3.05) is 39.2 Å². The number of nitrogens with one attached hydrogen (secondary N) is 1. The topological polar surface area (TPSA) is 108 Å². The first-order valence-corrected chi connectivity index (χ1v) is 8.89. The summed E-state index contributed by atoms with van der Waals surface area (Å²) in [5, 5.41) is 11.6. The molecule has 0 fully saturated rings. The van der Waals surface area contributed by atoms with Crippen LogP contribution in [0.25, 0.3) is 0 Å². The smallest absolute Gasteiger partial charge is 0.465 e. The number of carbonyl (C=O) groups excluding carboxylic acids is 2. The molecular formula is C18H25N5O5. The summed E-state index contributed by atoms with van der Waals surface area (Å²) in [6, 6.07) is 6.59. The van der Waals surface area contributed by atoms with Gasteiger partial charge in [-0.25, -0.2) is 9.59 Å². The van der Waals surface area contributed by atoms with E-state index in [0.29, 0.717) is 17.8 Å². The van der Waals surface area contributed by atoms with Crippen LogP contribution in [0, 0.1) is 0 Å². The molecule has 10 nitrogen and oxygen atoms in total. The Hall–Kier alpha value is -3.14. The molecule has 2 rings (SSSR count). The summed E-state index contributed by atoms with van der Waals surface area (Å²) in [7, 11) is 2.53. The predicted molar refractivity (Wildman–Crippen MR) is 102 cm³/mol. The molecule has 0 aliphatic carbocycles. The summed E-state index contributed by atoms with van der Waals surface area (Å²) >= 11 is 0. The lowest BCUT2D eigenvalue weighted by Crippen LogP contribution is -2.27. The molecule has 0 aliphatic heterocycles. The first-order chi connectivity index (χ1) is 13.5. The van der Waals surface area contributed by atoms with Gasteiger partial charge < -0.3 is 24.4 Å². The highest BCUT2D eigenvalue weighted by Crippen LogP contribution is 2.24. The van der Waals surface area contributed by atoms with Crippen molar-refractivity contribution < 1.29 is 23.8 Å². The summed E-state index contributed by atoms with van der Waals surface area (Å²) in [5.74, 6) is -0.164. The number of nitrogens with zero attached hydrogens (tertiary/aromatic N) is 4. The van der Waals surface area contributed by atoms with E-state index < -0.39 is 12.1 Å². The number of rotatable bonds is 9. The number of ether oxygens (including phenoxy) is 3. The largest absolute Gasteiger partial charge is 0.515 e. The van der Waals surface area contributed by atoms with Gasteiger partial charge in [-0.2, -0.15) is 4.80 Å². The third-order valence-electron chi connectivity index (χ3n) is 4.05. The van der Waals surface area contributed by atoms with E-state index in [4.69, 9.17) is 4.74 Å². The second-order valence-electron chi connectivity index (χ2n) is 5.73. The van der Waals surface area contributed by atoms with Gasteiger partial charge in [-0.3, -0.25) is 0 Å². The first kappa shape index (κ1) is 21.2. The van der Waals surface area contributed by atoms with Crippen molar-refractivity contribution in [1.82, 2.24) is 19.9 Å². The number of carbonyl (C=O) groups is 2. The summed E-state index contributed by atoms with van der Waals surface area (Å²) < 4.78 is 14.3. The molecule has 0 bridgehead atoms. The fourth-order valence-corrected chi connectivity index (χ4v) is 2.42. The van der Waals surface area contributed by atoms with Crippen molar-refractivity contribution >= 4 is 23.6 Å². The molecule has 0 spiro atoms. The van der Waals surface area contributed by atoms with E-state index in [-0.39, 0.29) is 11.7 Å². The van der Waals surface area contributed by atoms with Crippen LogP contribution in [0.3, 0.4) is 0 Å². The number of aromatic nitrogens is 3. The van der Waals surface area contributed by atoms with E-state index in [1.54, 1.807) is 24.3 Å². The molecule has 1 aromatic heterocycles. The highest BCUT2D eigenvalue weighted by molar-refractivity contribution is 5.89. The lowest BCUT2D eigenvalue weighted by molar-refractivity contribution is 0.0600. The van der Waals surface area contributed by atoms with Gasteiger partial charge in [0.2, 0.25) is 5.82 Å². The number of hydrogen-bond donors (Lipinski definition) is 1. The Morgan fingerprint density at radius 1 is 1.07 bits per heavy atom. The molecule has 0 saturated carbocycles. The first-order valence-electron chi connectivity index (χ1n) is 8.89.